The molecule has 1 atom stereocenters. The van der Waals surface area contributed by atoms with Crippen LogP contribution in [0.25, 0.3) is 10.8 Å². The fourth-order valence-electron chi connectivity index (χ4n) is 4.08. The van der Waals surface area contributed by atoms with Gasteiger partial charge in [-0.15, -0.1) is 11.3 Å². The maximum atomic E-state index is 13.6. The molecule has 1 aromatic heterocycles. The number of thiophene rings is 1. The molecule has 0 saturated carbocycles. The summed E-state index contributed by atoms with van der Waals surface area (Å²) in [6, 6.07) is 17.6. The summed E-state index contributed by atoms with van der Waals surface area (Å²) in [5.74, 6) is 0.376. The van der Waals surface area contributed by atoms with Crippen LogP contribution in [-0.4, -0.2) is 60.5 Å². The lowest BCUT2D eigenvalue weighted by molar-refractivity contribution is -0.0338. The molecule has 4 rings (SSSR count). The van der Waals surface area contributed by atoms with E-state index in [0.29, 0.717) is 44.3 Å². The molecule has 0 aliphatic carbocycles. The zero-order chi connectivity index (χ0) is 21.8. The van der Waals surface area contributed by atoms with Gasteiger partial charge in [0.15, 0.2) is 0 Å². The summed E-state index contributed by atoms with van der Waals surface area (Å²) in [6.45, 7) is 6.88. The zero-order valence-corrected chi connectivity index (χ0v) is 18.8. The molecule has 1 saturated heterocycles. The van der Waals surface area contributed by atoms with Crippen LogP contribution >= 0.6 is 11.3 Å². The second-order valence-electron chi connectivity index (χ2n) is 8.35. The Kier molecular flexibility index (Phi) is 6.68. The first-order chi connectivity index (χ1) is 15.0. The predicted octanol–water partition coefficient (Wildman–Crippen LogP) is 4.54. The number of ether oxygens (including phenoxy) is 1. The second-order valence-corrected chi connectivity index (χ2v) is 9.30. The standard InChI is InChI=1S/C25H28N2O3S/c1-18(2)15-27(24(28)22-10-5-8-19-7-3-4-9-21(19)22)17-20-16-26(12-13-30-20)25(29)23-11-6-14-31-23/h3-11,14,18,20H,12-13,15-17H2,1-2H3. The summed E-state index contributed by atoms with van der Waals surface area (Å²) in [5.41, 5.74) is 0.709. The molecule has 0 bridgehead atoms. The van der Waals surface area contributed by atoms with E-state index in [1.165, 1.54) is 11.3 Å². The highest BCUT2D eigenvalue weighted by Gasteiger charge is 2.29. The Morgan fingerprint density at radius 2 is 1.94 bits per heavy atom. The number of hydrogen-bond donors (Lipinski definition) is 0. The largest absolute Gasteiger partial charge is 0.373 e. The van der Waals surface area contributed by atoms with E-state index in [0.717, 1.165) is 15.6 Å². The van der Waals surface area contributed by atoms with Gasteiger partial charge in [0.25, 0.3) is 11.8 Å². The maximum absolute atomic E-state index is 13.6. The molecule has 1 fully saturated rings. The van der Waals surface area contributed by atoms with Crippen molar-refractivity contribution in [2.24, 2.45) is 5.92 Å². The molecule has 0 radical (unpaired) electrons. The third kappa shape index (κ3) is 4.97. The molecule has 0 spiro atoms. The summed E-state index contributed by atoms with van der Waals surface area (Å²) in [4.78, 5) is 30.8. The molecular weight excluding hydrogens is 408 g/mol. The van der Waals surface area contributed by atoms with Crippen LogP contribution in [0.15, 0.2) is 60.0 Å². The molecule has 1 aliphatic rings. The van der Waals surface area contributed by atoms with Gasteiger partial charge in [-0.25, -0.2) is 0 Å². The number of benzene rings is 2. The number of fused-ring (bicyclic) bond motifs is 1. The number of carbonyl (C=O) groups is 2. The van der Waals surface area contributed by atoms with Crippen molar-refractivity contribution in [3.63, 3.8) is 0 Å². The smallest absolute Gasteiger partial charge is 0.264 e. The van der Waals surface area contributed by atoms with Gasteiger partial charge in [0.1, 0.15) is 0 Å². The minimum Gasteiger partial charge on any atom is -0.373 e. The van der Waals surface area contributed by atoms with Gasteiger partial charge in [-0.3, -0.25) is 9.59 Å². The van der Waals surface area contributed by atoms with Crippen LogP contribution in [0, 0.1) is 5.92 Å². The number of nitrogens with zero attached hydrogens (tertiary/aromatic N) is 2. The first-order valence-electron chi connectivity index (χ1n) is 10.7. The Hall–Kier alpha value is -2.70. The number of morpholine rings is 1. The molecule has 2 aromatic carbocycles. The van der Waals surface area contributed by atoms with Crippen molar-refractivity contribution in [2.75, 3.05) is 32.8 Å². The van der Waals surface area contributed by atoms with Crippen LogP contribution in [0.1, 0.15) is 33.9 Å². The van der Waals surface area contributed by atoms with Gasteiger partial charge in [-0.1, -0.05) is 56.3 Å². The summed E-state index contributed by atoms with van der Waals surface area (Å²) in [6.07, 6.45) is -0.199. The summed E-state index contributed by atoms with van der Waals surface area (Å²) in [5, 5.41) is 3.93. The van der Waals surface area contributed by atoms with Gasteiger partial charge in [-0.05, 0) is 34.2 Å². The topological polar surface area (TPSA) is 49.9 Å². The lowest BCUT2D eigenvalue weighted by Crippen LogP contribution is -2.51. The Bertz CT molecular complexity index is 1040. The quantitative estimate of drug-likeness (QED) is 0.570. The van der Waals surface area contributed by atoms with Crippen molar-refractivity contribution in [1.29, 1.82) is 0 Å². The van der Waals surface area contributed by atoms with Crippen molar-refractivity contribution in [3.05, 3.63) is 70.4 Å². The first kappa shape index (κ1) is 21.5. The van der Waals surface area contributed by atoms with E-state index >= 15 is 0 Å². The monoisotopic (exact) mass is 436 g/mol. The molecule has 162 valence electrons. The number of hydrogen-bond acceptors (Lipinski definition) is 4. The molecule has 1 aliphatic heterocycles. The van der Waals surface area contributed by atoms with Gasteiger partial charge in [-0.2, -0.15) is 0 Å². The summed E-state index contributed by atoms with van der Waals surface area (Å²) < 4.78 is 5.98. The van der Waals surface area contributed by atoms with Crippen LogP contribution in [0.2, 0.25) is 0 Å². The van der Waals surface area contributed by atoms with Gasteiger partial charge in [0.05, 0.1) is 17.6 Å². The molecule has 3 aromatic rings. The lowest BCUT2D eigenvalue weighted by Gasteiger charge is -2.36. The molecule has 2 heterocycles. The third-order valence-corrected chi connectivity index (χ3v) is 6.33. The van der Waals surface area contributed by atoms with Crippen LogP contribution < -0.4 is 0 Å². The van der Waals surface area contributed by atoms with Gasteiger partial charge >= 0.3 is 0 Å². The van der Waals surface area contributed by atoms with Gasteiger partial charge < -0.3 is 14.5 Å². The van der Waals surface area contributed by atoms with E-state index in [1.807, 2.05) is 69.8 Å². The summed E-state index contributed by atoms with van der Waals surface area (Å²) >= 11 is 1.45. The fraction of sp³-hybridized carbons (Fsp3) is 0.360. The fourth-order valence-corrected chi connectivity index (χ4v) is 4.77. The van der Waals surface area contributed by atoms with Crippen molar-refractivity contribution in [1.82, 2.24) is 9.80 Å². The molecule has 5 nitrogen and oxygen atoms in total. The lowest BCUT2D eigenvalue weighted by atomic mass is 10.0. The highest BCUT2D eigenvalue weighted by atomic mass is 32.1. The molecule has 1 unspecified atom stereocenters. The number of rotatable bonds is 6. The van der Waals surface area contributed by atoms with E-state index in [2.05, 4.69) is 13.8 Å². The maximum Gasteiger partial charge on any atom is 0.264 e. The van der Waals surface area contributed by atoms with E-state index in [4.69, 9.17) is 4.74 Å². The third-order valence-electron chi connectivity index (χ3n) is 5.47. The number of amides is 2. The Morgan fingerprint density at radius 1 is 1.13 bits per heavy atom. The molecule has 0 N–H and O–H groups in total. The average Bonchev–Trinajstić information content (AvgIpc) is 3.32. The van der Waals surface area contributed by atoms with Crippen molar-refractivity contribution < 1.29 is 14.3 Å². The van der Waals surface area contributed by atoms with E-state index in [1.54, 1.807) is 0 Å². The average molecular weight is 437 g/mol. The Morgan fingerprint density at radius 3 is 2.71 bits per heavy atom. The minimum atomic E-state index is -0.199. The van der Waals surface area contributed by atoms with Crippen LogP contribution in [-0.2, 0) is 4.74 Å². The first-order valence-corrected chi connectivity index (χ1v) is 11.6. The van der Waals surface area contributed by atoms with Crippen molar-refractivity contribution in [2.45, 2.75) is 20.0 Å². The molecule has 6 heteroatoms. The summed E-state index contributed by atoms with van der Waals surface area (Å²) in [7, 11) is 0. The number of carbonyl (C=O) groups excluding carboxylic acids is 2. The van der Waals surface area contributed by atoms with Crippen LogP contribution in [0.4, 0.5) is 0 Å². The van der Waals surface area contributed by atoms with Crippen LogP contribution in [0.5, 0.6) is 0 Å². The molecule has 31 heavy (non-hydrogen) atoms. The molecule has 2 amide bonds. The molecular formula is C25H28N2O3S. The second kappa shape index (κ2) is 9.62. The van der Waals surface area contributed by atoms with Gasteiger partial charge in [0.2, 0.25) is 0 Å². The van der Waals surface area contributed by atoms with E-state index in [9.17, 15) is 9.59 Å². The highest BCUT2D eigenvalue weighted by molar-refractivity contribution is 7.12. The van der Waals surface area contributed by atoms with Crippen molar-refractivity contribution >= 4 is 33.9 Å². The van der Waals surface area contributed by atoms with Crippen molar-refractivity contribution in [3.8, 4) is 0 Å². The highest BCUT2D eigenvalue weighted by Crippen LogP contribution is 2.22. The van der Waals surface area contributed by atoms with Gasteiger partial charge in [0, 0.05) is 31.7 Å². The Balaban J connectivity index is 1.52. The minimum absolute atomic E-state index is 0.0100. The van der Waals surface area contributed by atoms with E-state index < -0.39 is 0 Å². The van der Waals surface area contributed by atoms with E-state index in [-0.39, 0.29) is 17.9 Å². The zero-order valence-electron chi connectivity index (χ0n) is 18.0. The normalized spacial score (nSPS) is 16.6. The SMILES string of the molecule is CC(C)CN(CC1CN(C(=O)c2cccs2)CCO1)C(=O)c1cccc2ccccc12. The van der Waals surface area contributed by atoms with Crippen LogP contribution in [0.3, 0.4) is 0 Å². The Labute approximate surface area is 187 Å². The predicted molar refractivity (Wildman–Crippen MR) is 125 cm³/mol.